The molecule has 16 heavy (non-hydrogen) atoms. The standard InChI is InChI=1S/C12H14F3N/c13-12(14,15)9-4-3-7-11(8-9)16-10-5-1-2-6-10/h3-4,7-8,10,16H,1-2,5-6H2. The third-order valence-corrected chi connectivity index (χ3v) is 2.92. The second kappa shape index (κ2) is 4.36. The third kappa shape index (κ3) is 2.68. The smallest absolute Gasteiger partial charge is 0.382 e. The average Bonchev–Trinajstić information content (AvgIpc) is 2.70. The van der Waals surface area contributed by atoms with Crippen molar-refractivity contribution in [3.05, 3.63) is 29.8 Å². The van der Waals surface area contributed by atoms with Crippen molar-refractivity contribution < 1.29 is 13.2 Å². The summed E-state index contributed by atoms with van der Waals surface area (Å²) in [6.07, 6.45) is 0.174. The van der Waals surface area contributed by atoms with Crippen molar-refractivity contribution >= 4 is 5.69 Å². The summed E-state index contributed by atoms with van der Waals surface area (Å²) in [5, 5.41) is 3.15. The predicted octanol–water partition coefficient (Wildman–Crippen LogP) is 4.06. The molecule has 1 aliphatic carbocycles. The van der Waals surface area contributed by atoms with Gasteiger partial charge in [-0.1, -0.05) is 18.9 Å². The molecular weight excluding hydrogens is 215 g/mol. The van der Waals surface area contributed by atoms with E-state index in [-0.39, 0.29) is 0 Å². The fraction of sp³-hybridized carbons (Fsp3) is 0.500. The van der Waals surface area contributed by atoms with Crippen LogP contribution < -0.4 is 5.32 Å². The van der Waals surface area contributed by atoms with Crippen LogP contribution in [0.15, 0.2) is 24.3 Å². The molecule has 0 amide bonds. The SMILES string of the molecule is FC(F)(F)c1cccc(NC2CCCC2)c1. The van der Waals surface area contributed by atoms with E-state index in [0.717, 1.165) is 31.7 Å². The van der Waals surface area contributed by atoms with Gasteiger partial charge in [-0.05, 0) is 31.0 Å². The molecule has 0 aliphatic heterocycles. The van der Waals surface area contributed by atoms with E-state index in [0.29, 0.717) is 11.7 Å². The van der Waals surface area contributed by atoms with E-state index in [1.165, 1.54) is 12.1 Å². The lowest BCUT2D eigenvalue weighted by Gasteiger charge is -2.15. The Labute approximate surface area is 92.7 Å². The zero-order valence-electron chi connectivity index (χ0n) is 8.85. The first-order chi connectivity index (χ1) is 7.55. The molecule has 0 radical (unpaired) electrons. The number of alkyl halides is 3. The number of hydrogen-bond donors (Lipinski definition) is 1. The Morgan fingerprint density at radius 3 is 2.44 bits per heavy atom. The van der Waals surface area contributed by atoms with Gasteiger partial charge in [-0.15, -0.1) is 0 Å². The number of rotatable bonds is 2. The molecule has 1 aromatic carbocycles. The Balaban J connectivity index is 2.09. The van der Waals surface area contributed by atoms with Gasteiger partial charge in [0.2, 0.25) is 0 Å². The highest BCUT2D eigenvalue weighted by atomic mass is 19.4. The van der Waals surface area contributed by atoms with Gasteiger partial charge in [0.1, 0.15) is 0 Å². The quantitative estimate of drug-likeness (QED) is 0.806. The Kier molecular flexibility index (Phi) is 3.08. The normalized spacial score (nSPS) is 17.7. The fourth-order valence-electron chi connectivity index (χ4n) is 2.09. The number of benzene rings is 1. The second-order valence-electron chi connectivity index (χ2n) is 4.20. The highest BCUT2D eigenvalue weighted by molar-refractivity contribution is 5.47. The molecule has 0 spiro atoms. The molecule has 1 aromatic rings. The van der Waals surface area contributed by atoms with E-state index in [1.807, 2.05) is 0 Å². The monoisotopic (exact) mass is 229 g/mol. The minimum absolute atomic E-state index is 0.337. The molecule has 1 fully saturated rings. The van der Waals surface area contributed by atoms with Crippen LogP contribution in [-0.4, -0.2) is 6.04 Å². The Hall–Kier alpha value is -1.19. The highest BCUT2D eigenvalue weighted by Crippen LogP contribution is 2.31. The molecule has 88 valence electrons. The molecule has 1 saturated carbocycles. The minimum atomic E-state index is -4.26. The van der Waals surface area contributed by atoms with Crippen molar-refractivity contribution in [3.63, 3.8) is 0 Å². The van der Waals surface area contributed by atoms with Crippen LogP contribution in [0, 0.1) is 0 Å². The van der Waals surface area contributed by atoms with E-state index < -0.39 is 11.7 Å². The minimum Gasteiger partial charge on any atom is -0.382 e. The van der Waals surface area contributed by atoms with Crippen LogP contribution in [0.4, 0.5) is 18.9 Å². The van der Waals surface area contributed by atoms with Gasteiger partial charge in [0.25, 0.3) is 0 Å². The maximum Gasteiger partial charge on any atom is 0.416 e. The molecule has 1 N–H and O–H groups in total. The maximum atomic E-state index is 12.5. The first-order valence-corrected chi connectivity index (χ1v) is 5.49. The van der Waals surface area contributed by atoms with Crippen LogP contribution >= 0.6 is 0 Å². The lowest BCUT2D eigenvalue weighted by Crippen LogP contribution is -2.15. The van der Waals surface area contributed by atoms with E-state index in [9.17, 15) is 13.2 Å². The van der Waals surface area contributed by atoms with Gasteiger partial charge in [0, 0.05) is 11.7 Å². The van der Waals surface area contributed by atoms with Crippen molar-refractivity contribution in [2.24, 2.45) is 0 Å². The number of anilines is 1. The summed E-state index contributed by atoms with van der Waals surface area (Å²) >= 11 is 0. The lowest BCUT2D eigenvalue weighted by atomic mass is 10.1. The zero-order valence-corrected chi connectivity index (χ0v) is 8.85. The molecule has 1 nitrogen and oxygen atoms in total. The molecule has 0 unspecified atom stereocenters. The molecule has 0 heterocycles. The van der Waals surface area contributed by atoms with Gasteiger partial charge in [-0.25, -0.2) is 0 Å². The summed E-state index contributed by atoms with van der Waals surface area (Å²) in [6, 6.07) is 5.75. The predicted molar refractivity (Wildman–Crippen MR) is 57.3 cm³/mol. The van der Waals surface area contributed by atoms with Gasteiger partial charge in [0.15, 0.2) is 0 Å². The summed E-state index contributed by atoms with van der Waals surface area (Å²) in [5.74, 6) is 0. The zero-order chi connectivity index (χ0) is 11.6. The van der Waals surface area contributed by atoms with Crippen molar-refractivity contribution in [2.75, 3.05) is 5.32 Å². The van der Waals surface area contributed by atoms with Crippen molar-refractivity contribution in [3.8, 4) is 0 Å². The molecule has 0 atom stereocenters. The van der Waals surface area contributed by atoms with Crippen molar-refractivity contribution in [1.29, 1.82) is 0 Å². The van der Waals surface area contributed by atoms with Gasteiger partial charge >= 0.3 is 6.18 Å². The molecular formula is C12H14F3N. The van der Waals surface area contributed by atoms with Crippen molar-refractivity contribution in [1.82, 2.24) is 0 Å². The molecule has 0 saturated heterocycles. The molecule has 4 heteroatoms. The summed E-state index contributed by atoms with van der Waals surface area (Å²) in [5.41, 5.74) is -0.0165. The third-order valence-electron chi connectivity index (χ3n) is 2.92. The Bertz CT molecular complexity index is 354. The number of hydrogen-bond acceptors (Lipinski definition) is 1. The van der Waals surface area contributed by atoms with E-state index in [2.05, 4.69) is 5.32 Å². The number of nitrogens with one attached hydrogen (secondary N) is 1. The van der Waals surface area contributed by atoms with Crippen LogP contribution in [-0.2, 0) is 6.18 Å². The first kappa shape index (κ1) is 11.3. The van der Waals surface area contributed by atoms with E-state index in [1.54, 1.807) is 6.07 Å². The van der Waals surface area contributed by atoms with Gasteiger partial charge in [-0.2, -0.15) is 13.2 Å². The van der Waals surface area contributed by atoms with Gasteiger partial charge in [0.05, 0.1) is 5.56 Å². The Morgan fingerprint density at radius 1 is 1.12 bits per heavy atom. The van der Waals surface area contributed by atoms with Crippen LogP contribution in [0.5, 0.6) is 0 Å². The van der Waals surface area contributed by atoms with Gasteiger partial charge < -0.3 is 5.32 Å². The lowest BCUT2D eigenvalue weighted by molar-refractivity contribution is -0.137. The van der Waals surface area contributed by atoms with E-state index in [4.69, 9.17) is 0 Å². The Morgan fingerprint density at radius 2 is 1.81 bits per heavy atom. The number of halogens is 3. The van der Waals surface area contributed by atoms with Crippen molar-refractivity contribution in [2.45, 2.75) is 37.9 Å². The molecule has 1 aliphatic rings. The summed E-state index contributed by atoms with van der Waals surface area (Å²) in [6.45, 7) is 0. The maximum absolute atomic E-state index is 12.5. The average molecular weight is 229 g/mol. The highest BCUT2D eigenvalue weighted by Gasteiger charge is 2.30. The largest absolute Gasteiger partial charge is 0.416 e. The summed E-state index contributed by atoms with van der Waals surface area (Å²) in [4.78, 5) is 0. The topological polar surface area (TPSA) is 12.0 Å². The van der Waals surface area contributed by atoms with Crippen LogP contribution in [0.1, 0.15) is 31.2 Å². The fourth-order valence-corrected chi connectivity index (χ4v) is 2.09. The second-order valence-corrected chi connectivity index (χ2v) is 4.20. The van der Waals surface area contributed by atoms with Crippen LogP contribution in [0.25, 0.3) is 0 Å². The van der Waals surface area contributed by atoms with Gasteiger partial charge in [-0.3, -0.25) is 0 Å². The summed E-state index contributed by atoms with van der Waals surface area (Å²) < 4.78 is 37.4. The molecule has 0 aromatic heterocycles. The first-order valence-electron chi connectivity index (χ1n) is 5.49. The van der Waals surface area contributed by atoms with Crippen LogP contribution in [0.2, 0.25) is 0 Å². The van der Waals surface area contributed by atoms with Crippen LogP contribution in [0.3, 0.4) is 0 Å². The van der Waals surface area contributed by atoms with E-state index >= 15 is 0 Å². The molecule has 2 rings (SSSR count). The molecule has 0 bridgehead atoms. The summed E-state index contributed by atoms with van der Waals surface area (Å²) in [7, 11) is 0.